The summed E-state index contributed by atoms with van der Waals surface area (Å²) in [5.74, 6) is 0.978. The van der Waals surface area contributed by atoms with Crippen molar-refractivity contribution in [1.29, 1.82) is 0 Å². The molecule has 3 rings (SSSR count). The molecule has 19 heavy (non-hydrogen) atoms. The van der Waals surface area contributed by atoms with Crippen molar-refractivity contribution in [2.45, 2.75) is 6.92 Å². The van der Waals surface area contributed by atoms with Crippen LogP contribution in [0.2, 0.25) is 0 Å². The van der Waals surface area contributed by atoms with Crippen molar-refractivity contribution in [3.8, 4) is 0 Å². The first-order chi connectivity index (χ1) is 9.22. The number of fused-ring (bicyclic) bond motifs is 1. The van der Waals surface area contributed by atoms with Crippen LogP contribution in [0.3, 0.4) is 0 Å². The normalized spacial score (nSPS) is 10.6. The highest BCUT2D eigenvalue weighted by molar-refractivity contribution is 5.83. The maximum absolute atomic E-state index is 5.60. The second-order valence-corrected chi connectivity index (χ2v) is 4.30. The summed E-state index contributed by atoms with van der Waals surface area (Å²) in [6.07, 6.45) is 3.48. The third-order valence-corrected chi connectivity index (χ3v) is 2.86. The van der Waals surface area contributed by atoms with Gasteiger partial charge in [0.2, 0.25) is 5.95 Å². The number of aryl methyl sites for hydroxylation is 1. The number of nitrogens with two attached hydrogens (primary N) is 1. The number of hydrogen-bond donors (Lipinski definition) is 2. The minimum atomic E-state index is 0.260. The Kier molecular flexibility index (Phi) is 2.72. The van der Waals surface area contributed by atoms with E-state index in [1.165, 1.54) is 0 Å². The van der Waals surface area contributed by atoms with E-state index >= 15 is 0 Å². The van der Waals surface area contributed by atoms with E-state index < -0.39 is 0 Å². The number of pyridine rings is 1. The zero-order valence-electron chi connectivity index (χ0n) is 10.5. The van der Waals surface area contributed by atoms with E-state index in [1.807, 2.05) is 37.3 Å². The van der Waals surface area contributed by atoms with Gasteiger partial charge in [-0.05, 0) is 31.2 Å². The van der Waals surface area contributed by atoms with Gasteiger partial charge in [0, 0.05) is 29.0 Å². The highest BCUT2D eigenvalue weighted by atomic mass is 15.1. The van der Waals surface area contributed by atoms with Crippen LogP contribution in [-0.4, -0.2) is 15.0 Å². The van der Waals surface area contributed by atoms with Crippen LogP contribution in [-0.2, 0) is 0 Å². The monoisotopic (exact) mass is 251 g/mol. The fourth-order valence-corrected chi connectivity index (χ4v) is 1.87. The van der Waals surface area contributed by atoms with Crippen LogP contribution in [0.4, 0.5) is 17.5 Å². The standard InChI is InChI=1S/C14H13N5/c1-9-8-17-14(15)19-13(9)18-11-4-5-12-10(7-11)3-2-6-16-12/h2-8H,1H3,(H3,15,17,18,19). The number of benzene rings is 1. The van der Waals surface area contributed by atoms with Crippen LogP contribution >= 0.6 is 0 Å². The van der Waals surface area contributed by atoms with Gasteiger partial charge in [-0.3, -0.25) is 4.98 Å². The second kappa shape index (κ2) is 4.53. The molecule has 0 aliphatic rings. The molecule has 0 bridgehead atoms. The molecule has 0 aliphatic carbocycles. The molecule has 0 atom stereocenters. The van der Waals surface area contributed by atoms with Crippen LogP contribution < -0.4 is 11.1 Å². The number of nitrogens with zero attached hydrogens (tertiary/aromatic N) is 3. The molecule has 0 saturated heterocycles. The Labute approximate surface area is 110 Å². The Hall–Kier alpha value is -2.69. The molecule has 0 aliphatic heterocycles. The van der Waals surface area contributed by atoms with E-state index in [9.17, 15) is 0 Å². The van der Waals surface area contributed by atoms with Crippen molar-refractivity contribution in [2.24, 2.45) is 0 Å². The minimum absolute atomic E-state index is 0.260. The molecule has 0 spiro atoms. The summed E-state index contributed by atoms with van der Waals surface area (Å²) in [5, 5.41) is 4.32. The molecule has 94 valence electrons. The molecular formula is C14H13N5. The Morgan fingerprint density at radius 2 is 2.05 bits per heavy atom. The average Bonchev–Trinajstić information content (AvgIpc) is 2.43. The number of anilines is 3. The SMILES string of the molecule is Cc1cnc(N)nc1Nc1ccc2ncccc2c1. The summed E-state index contributed by atoms with van der Waals surface area (Å²) in [6, 6.07) is 9.90. The third kappa shape index (κ3) is 2.30. The van der Waals surface area contributed by atoms with Crippen LogP contribution in [0, 0.1) is 6.92 Å². The predicted molar refractivity (Wildman–Crippen MR) is 76.2 cm³/mol. The maximum atomic E-state index is 5.60. The largest absolute Gasteiger partial charge is 0.368 e. The van der Waals surface area contributed by atoms with Crippen molar-refractivity contribution in [3.05, 3.63) is 48.3 Å². The van der Waals surface area contributed by atoms with Crippen LogP contribution in [0.15, 0.2) is 42.7 Å². The second-order valence-electron chi connectivity index (χ2n) is 4.30. The first-order valence-corrected chi connectivity index (χ1v) is 5.93. The van der Waals surface area contributed by atoms with Crippen molar-refractivity contribution >= 4 is 28.4 Å². The van der Waals surface area contributed by atoms with E-state index in [1.54, 1.807) is 12.4 Å². The number of hydrogen-bond acceptors (Lipinski definition) is 5. The lowest BCUT2D eigenvalue weighted by Gasteiger charge is -2.09. The van der Waals surface area contributed by atoms with Gasteiger partial charge in [0.15, 0.2) is 0 Å². The van der Waals surface area contributed by atoms with Crippen molar-refractivity contribution in [3.63, 3.8) is 0 Å². The number of nitrogen functional groups attached to an aromatic ring is 1. The molecule has 0 fully saturated rings. The summed E-state index contributed by atoms with van der Waals surface area (Å²) < 4.78 is 0. The molecule has 0 unspecified atom stereocenters. The summed E-state index contributed by atoms with van der Waals surface area (Å²) in [4.78, 5) is 12.4. The molecule has 1 aromatic carbocycles. The van der Waals surface area contributed by atoms with Gasteiger partial charge < -0.3 is 11.1 Å². The van der Waals surface area contributed by atoms with Crippen molar-refractivity contribution in [1.82, 2.24) is 15.0 Å². The lowest BCUT2D eigenvalue weighted by molar-refractivity contribution is 1.15. The van der Waals surface area contributed by atoms with Crippen LogP contribution in [0.5, 0.6) is 0 Å². The van der Waals surface area contributed by atoms with Gasteiger partial charge >= 0.3 is 0 Å². The fourth-order valence-electron chi connectivity index (χ4n) is 1.87. The molecule has 2 heterocycles. The number of aromatic nitrogens is 3. The third-order valence-electron chi connectivity index (χ3n) is 2.86. The average molecular weight is 251 g/mol. The molecule has 0 radical (unpaired) electrons. The lowest BCUT2D eigenvalue weighted by atomic mass is 10.2. The summed E-state index contributed by atoms with van der Waals surface area (Å²) >= 11 is 0. The van der Waals surface area contributed by atoms with Gasteiger partial charge in [0.1, 0.15) is 5.82 Å². The molecule has 0 saturated carbocycles. The number of rotatable bonds is 2. The van der Waals surface area contributed by atoms with Gasteiger partial charge in [-0.1, -0.05) is 6.07 Å². The molecule has 2 aromatic heterocycles. The minimum Gasteiger partial charge on any atom is -0.368 e. The highest BCUT2D eigenvalue weighted by Crippen LogP contribution is 2.22. The van der Waals surface area contributed by atoms with Gasteiger partial charge in [-0.2, -0.15) is 4.98 Å². The Balaban J connectivity index is 1.98. The molecule has 3 aromatic rings. The van der Waals surface area contributed by atoms with E-state index in [2.05, 4.69) is 20.3 Å². The zero-order chi connectivity index (χ0) is 13.2. The van der Waals surface area contributed by atoms with Crippen molar-refractivity contribution < 1.29 is 0 Å². The molecule has 5 heteroatoms. The van der Waals surface area contributed by atoms with Gasteiger partial charge in [0.25, 0.3) is 0 Å². The molecule has 3 N–H and O–H groups in total. The molecule has 0 amide bonds. The van der Waals surface area contributed by atoms with E-state index in [0.29, 0.717) is 0 Å². The molecular weight excluding hydrogens is 238 g/mol. The predicted octanol–water partition coefficient (Wildman–Crippen LogP) is 2.66. The first kappa shape index (κ1) is 11.4. The summed E-state index contributed by atoms with van der Waals surface area (Å²) in [6.45, 7) is 1.93. The van der Waals surface area contributed by atoms with Gasteiger partial charge in [-0.15, -0.1) is 0 Å². The Morgan fingerprint density at radius 1 is 1.16 bits per heavy atom. The zero-order valence-corrected chi connectivity index (χ0v) is 10.5. The fraction of sp³-hybridized carbons (Fsp3) is 0.0714. The van der Waals surface area contributed by atoms with E-state index in [-0.39, 0.29) is 5.95 Å². The van der Waals surface area contributed by atoms with Gasteiger partial charge in [0.05, 0.1) is 5.52 Å². The smallest absolute Gasteiger partial charge is 0.221 e. The van der Waals surface area contributed by atoms with E-state index in [0.717, 1.165) is 28.0 Å². The maximum Gasteiger partial charge on any atom is 0.221 e. The summed E-state index contributed by atoms with van der Waals surface area (Å²) in [5.41, 5.74) is 8.46. The first-order valence-electron chi connectivity index (χ1n) is 5.93. The van der Waals surface area contributed by atoms with Crippen LogP contribution in [0.1, 0.15) is 5.56 Å². The quantitative estimate of drug-likeness (QED) is 0.732. The van der Waals surface area contributed by atoms with Gasteiger partial charge in [-0.25, -0.2) is 4.98 Å². The Bertz CT molecular complexity index is 739. The Morgan fingerprint density at radius 3 is 2.95 bits per heavy atom. The number of nitrogens with one attached hydrogen (secondary N) is 1. The molecule has 5 nitrogen and oxygen atoms in total. The highest BCUT2D eigenvalue weighted by Gasteiger charge is 2.03. The van der Waals surface area contributed by atoms with Crippen molar-refractivity contribution in [2.75, 3.05) is 11.1 Å². The van der Waals surface area contributed by atoms with Crippen LogP contribution in [0.25, 0.3) is 10.9 Å². The lowest BCUT2D eigenvalue weighted by Crippen LogP contribution is -2.01. The van der Waals surface area contributed by atoms with E-state index in [4.69, 9.17) is 5.73 Å². The topological polar surface area (TPSA) is 76.7 Å². The summed E-state index contributed by atoms with van der Waals surface area (Å²) in [7, 11) is 0.